The van der Waals surface area contributed by atoms with Gasteiger partial charge in [-0.2, -0.15) is 0 Å². The maximum absolute atomic E-state index is 11.8. The normalized spacial score (nSPS) is 25.9. The van der Waals surface area contributed by atoms with E-state index in [0.29, 0.717) is 13.2 Å². The standard InChI is InChI=1S/C14H26N2O2/c17-14(13-11-18-10-9-15-13)16-8-4-7-12-5-2-1-3-6-12/h12-13,15H,1-11H2,(H,16,17). The van der Waals surface area contributed by atoms with Crippen molar-refractivity contribution in [1.82, 2.24) is 10.6 Å². The second kappa shape index (κ2) is 7.74. The number of carbonyl (C=O) groups is 1. The van der Waals surface area contributed by atoms with Gasteiger partial charge in [-0.25, -0.2) is 0 Å². The summed E-state index contributed by atoms with van der Waals surface area (Å²) in [5.74, 6) is 1.00. The molecule has 2 aliphatic rings. The molecule has 1 atom stereocenters. The van der Waals surface area contributed by atoms with E-state index in [4.69, 9.17) is 4.74 Å². The van der Waals surface area contributed by atoms with Gasteiger partial charge in [0.25, 0.3) is 0 Å². The fourth-order valence-corrected chi connectivity index (χ4v) is 2.94. The summed E-state index contributed by atoms with van der Waals surface area (Å²) in [6, 6.07) is -0.145. The Labute approximate surface area is 110 Å². The van der Waals surface area contributed by atoms with Gasteiger partial charge in [-0.3, -0.25) is 4.79 Å². The highest BCUT2D eigenvalue weighted by Gasteiger charge is 2.20. The Morgan fingerprint density at radius 3 is 2.83 bits per heavy atom. The van der Waals surface area contributed by atoms with Gasteiger partial charge in [0.15, 0.2) is 0 Å². The minimum Gasteiger partial charge on any atom is -0.378 e. The molecule has 1 aliphatic carbocycles. The number of hydrogen-bond donors (Lipinski definition) is 2. The zero-order chi connectivity index (χ0) is 12.6. The molecule has 4 nitrogen and oxygen atoms in total. The molecule has 0 aromatic heterocycles. The van der Waals surface area contributed by atoms with E-state index in [0.717, 1.165) is 25.4 Å². The molecular weight excluding hydrogens is 228 g/mol. The van der Waals surface area contributed by atoms with Crippen molar-refractivity contribution in [2.45, 2.75) is 51.0 Å². The third kappa shape index (κ3) is 4.58. The van der Waals surface area contributed by atoms with E-state index in [2.05, 4.69) is 10.6 Å². The number of carbonyl (C=O) groups excluding carboxylic acids is 1. The molecule has 0 aromatic rings. The lowest BCUT2D eigenvalue weighted by Crippen LogP contribution is -2.51. The third-order valence-corrected chi connectivity index (χ3v) is 4.05. The molecule has 2 N–H and O–H groups in total. The lowest BCUT2D eigenvalue weighted by Gasteiger charge is -2.23. The van der Waals surface area contributed by atoms with E-state index in [1.165, 1.54) is 38.5 Å². The van der Waals surface area contributed by atoms with E-state index in [1.54, 1.807) is 0 Å². The van der Waals surface area contributed by atoms with Crippen LogP contribution in [-0.2, 0) is 9.53 Å². The van der Waals surface area contributed by atoms with Crippen LogP contribution in [0.3, 0.4) is 0 Å². The summed E-state index contributed by atoms with van der Waals surface area (Å²) < 4.78 is 5.28. The molecule has 18 heavy (non-hydrogen) atoms. The van der Waals surface area contributed by atoms with Gasteiger partial charge >= 0.3 is 0 Å². The Kier molecular flexibility index (Phi) is 5.94. The minimum absolute atomic E-state index is 0.0957. The van der Waals surface area contributed by atoms with Crippen LogP contribution in [0.1, 0.15) is 44.9 Å². The highest BCUT2D eigenvalue weighted by atomic mass is 16.5. The average molecular weight is 254 g/mol. The number of rotatable bonds is 5. The first-order valence-corrected chi connectivity index (χ1v) is 7.45. The van der Waals surface area contributed by atoms with Crippen LogP contribution < -0.4 is 10.6 Å². The van der Waals surface area contributed by atoms with Crippen molar-refractivity contribution >= 4 is 5.91 Å². The maximum atomic E-state index is 11.8. The predicted molar refractivity (Wildman–Crippen MR) is 71.4 cm³/mol. The van der Waals surface area contributed by atoms with Crippen LogP contribution in [0, 0.1) is 5.92 Å². The summed E-state index contributed by atoms with van der Waals surface area (Å²) in [4.78, 5) is 11.8. The van der Waals surface area contributed by atoms with Crippen LogP contribution in [0.15, 0.2) is 0 Å². The van der Waals surface area contributed by atoms with Gasteiger partial charge < -0.3 is 15.4 Å². The van der Waals surface area contributed by atoms with E-state index in [-0.39, 0.29) is 11.9 Å². The Morgan fingerprint density at radius 1 is 1.28 bits per heavy atom. The molecule has 4 heteroatoms. The van der Waals surface area contributed by atoms with Crippen molar-refractivity contribution in [3.63, 3.8) is 0 Å². The second-order valence-electron chi connectivity index (χ2n) is 5.52. The first-order chi connectivity index (χ1) is 8.86. The first kappa shape index (κ1) is 13.8. The molecule has 0 bridgehead atoms. The van der Waals surface area contributed by atoms with Crippen molar-refractivity contribution in [3.05, 3.63) is 0 Å². The quantitative estimate of drug-likeness (QED) is 0.730. The SMILES string of the molecule is O=C(NCCCC1CCCCC1)C1COCCN1. The summed E-state index contributed by atoms with van der Waals surface area (Å²) in [7, 11) is 0. The molecule has 104 valence electrons. The van der Waals surface area contributed by atoms with Gasteiger partial charge in [-0.15, -0.1) is 0 Å². The number of hydrogen-bond acceptors (Lipinski definition) is 3. The second-order valence-corrected chi connectivity index (χ2v) is 5.52. The van der Waals surface area contributed by atoms with Crippen molar-refractivity contribution in [3.8, 4) is 0 Å². The van der Waals surface area contributed by atoms with Crippen molar-refractivity contribution in [2.24, 2.45) is 5.92 Å². The van der Waals surface area contributed by atoms with Crippen LogP contribution in [-0.4, -0.2) is 38.3 Å². The number of amides is 1. The summed E-state index contributed by atoms with van der Waals surface area (Å²) in [6.07, 6.45) is 9.40. The van der Waals surface area contributed by atoms with E-state index >= 15 is 0 Å². The van der Waals surface area contributed by atoms with Gasteiger partial charge in [0, 0.05) is 13.1 Å². The molecule has 1 heterocycles. The lowest BCUT2D eigenvalue weighted by atomic mass is 9.86. The van der Waals surface area contributed by atoms with Gasteiger partial charge in [0.2, 0.25) is 5.91 Å². The fraction of sp³-hybridized carbons (Fsp3) is 0.929. The number of ether oxygens (including phenoxy) is 1. The topological polar surface area (TPSA) is 50.4 Å². The predicted octanol–water partition coefficient (Wildman–Crippen LogP) is 1.45. The first-order valence-electron chi connectivity index (χ1n) is 7.45. The fourth-order valence-electron chi connectivity index (χ4n) is 2.94. The summed E-state index contributed by atoms with van der Waals surface area (Å²) in [5, 5.41) is 6.18. The summed E-state index contributed by atoms with van der Waals surface area (Å²) in [5.41, 5.74) is 0. The average Bonchev–Trinajstić information content (AvgIpc) is 2.45. The van der Waals surface area contributed by atoms with Gasteiger partial charge in [0.05, 0.1) is 13.2 Å². The Bertz CT molecular complexity index is 246. The highest BCUT2D eigenvalue weighted by Crippen LogP contribution is 2.26. The number of morpholine rings is 1. The lowest BCUT2D eigenvalue weighted by molar-refractivity contribution is -0.125. The maximum Gasteiger partial charge on any atom is 0.239 e. The van der Waals surface area contributed by atoms with Gasteiger partial charge in [-0.1, -0.05) is 32.1 Å². The highest BCUT2D eigenvalue weighted by molar-refractivity contribution is 5.81. The van der Waals surface area contributed by atoms with E-state index < -0.39 is 0 Å². The molecule has 0 aromatic carbocycles. The van der Waals surface area contributed by atoms with Crippen molar-refractivity contribution in [2.75, 3.05) is 26.3 Å². The zero-order valence-corrected chi connectivity index (χ0v) is 11.2. The van der Waals surface area contributed by atoms with Crippen molar-refractivity contribution in [1.29, 1.82) is 0 Å². The molecule has 1 saturated heterocycles. The number of nitrogens with one attached hydrogen (secondary N) is 2. The minimum atomic E-state index is -0.145. The molecule has 1 amide bonds. The largest absolute Gasteiger partial charge is 0.378 e. The molecule has 2 fully saturated rings. The molecule has 0 radical (unpaired) electrons. The Balaban J connectivity index is 1.52. The monoisotopic (exact) mass is 254 g/mol. The van der Waals surface area contributed by atoms with E-state index in [1.807, 2.05) is 0 Å². The Morgan fingerprint density at radius 2 is 2.11 bits per heavy atom. The molecule has 1 saturated carbocycles. The van der Waals surface area contributed by atoms with Gasteiger partial charge in [0.1, 0.15) is 6.04 Å². The summed E-state index contributed by atoms with van der Waals surface area (Å²) >= 11 is 0. The van der Waals surface area contributed by atoms with Gasteiger partial charge in [-0.05, 0) is 18.8 Å². The van der Waals surface area contributed by atoms with Crippen LogP contribution in [0.2, 0.25) is 0 Å². The smallest absolute Gasteiger partial charge is 0.239 e. The molecule has 1 aliphatic heterocycles. The molecular formula is C14H26N2O2. The molecule has 2 rings (SSSR count). The van der Waals surface area contributed by atoms with Crippen LogP contribution in [0.4, 0.5) is 0 Å². The molecule has 1 unspecified atom stereocenters. The molecule has 0 spiro atoms. The summed E-state index contributed by atoms with van der Waals surface area (Å²) in [6.45, 7) is 2.81. The van der Waals surface area contributed by atoms with E-state index in [9.17, 15) is 4.79 Å². The van der Waals surface area contributed by atoms with Crippen LogP contribution >= 0.6 is 0 Å². The van der Waals surface area contributed by atoms with Crippen LogP contribution in [0.5, 0.6) is 0 Å². The van der Waals surface area contributed by atoms with Crippen LogP contribution in [0.25, 0.3) is 0 Å². The zero-order valence-electron chi connectivity index (χ0n) is 11.2. The Hall–Kier alpha value is -0.610. The van der Waals surface area contributed by atoms with Crippen molar-refractivity contribution < 1.29 is 9.53 Å². The third-order valence-electron chi connectivity index (χ3n) is 4.05.